The van der Waals surface area contributed by atoms with Crippen LogP contribution >= 0.6 is 0 Å². The standard InChI is InChI=1S/C17H26N2O2/c1-13-5-3-8-16(11-13)21-10-9-19(2)17(20)14-6-4-7-15(18)12-14/h3,5,8,11,14-15H,4,6-7,9-10,12,18H2,1-2H3. The summed E-state index contributed by atoms with van der Waals surface area (Å²) in [6.45, 7) is 3.16. The first-order valence-corrected chi connectivity index (χ1v) is 7.76. The molecule has 1 aliphatic rings. The first-order chi connectivity index (χ1) is 10.1. The molecule has 116 valence electrons. The van der Waals surface area contributed by atoms with E-state index < -0.39 is 0 Å². The monoisotopic (exact) mass is 290 g/mol. The third kappa shape index (κ3) is 4.74. The SMILES string of the molecule is Cc1cccc(OCCN(C)C(=O)C2CCCC(N)C2)c1. The van der Waals surface area contributed by atoms with E-state index in [1.807, 2.05) is 38.2 Å². The van der Waals surface area contributed by atoms with Crippen LogP contribution in [0.3, 0.4) is 0 Å². The predicted molar refractivity (Wildman–Crippen MR) is 84.2 cm³/mol. The molecule has 0 saturated heterocycles. The molecule has 1 amide bonds. The van der Waals surface area contributed by atoms with Gasteiger partial charge in [-0.15, -0.1) is 0 Å². The van der Waals surface area contributed by atoms with Gasteiger partial charge in [-0.05, 0) is 43.9 Å². The molecular weight excluding hydrogens is 264 g/mol. The smallest absolute Gasteiger partial charge is 0.225 e. The maximum Gasteiger partial charge on any atom is 0.225 e. The fourth-order valence-electron chi connectivity index (χ4n) is 2.88. The van der Waals surface area contributed by atoms with Crippen LogP contribution in [-0.2, 0) is 4.79 Å². The highest BCUT2D eigenvalue weighted by Crippen LogP contribution is 2.24. The molecule has 0 heterocycles. The third-order valence-corrected chi connectivity index (χ3v) is 4.13. The first-order valence-electron chi connectivity index (χ1n) is 7.76. The maximum atomic E-state index is 12.4. The van der Waals surface area contributed by atoms with Crippen molar-refractivity contribution in [3.05, 3.63) is 29.8 Å². The number of carbonyl (C=O) groups excluding carboxylic acids is 1. The molecule has 0 spiro atoms. The fraction of sp³-hybridized carbons (Fsp3) is 0.588. The number of benzene rings is 1. The van der Waals surface area contributed by atoms with Crippen LogP contribution in [-0.4, -0.2) is 37.0 Å². The van der Waals surface area contributed by atoms with Crippen LogP contribution < -0.4 is 10.5 Å². The topological polar surface area (TPSA) is 55.6 Å². The van der Waals surface area contributed by atoms with Gasteiger partial charge in [0, 0.05) is 19.0 Å². The van der Waals surface area contributed by atoms with Crippen LogP contribution in [0.1, 0.15) is 31.2 Å². The van der Waals surface area contributed by atoms with Gasteiger partial charge in [-0.2, -0.15) is 0 Å². The molecule has 4 heteroatoms. The van der Waals surface area contributed by atoms with Gasteiger partial charge in [-0.1, -0.05) is 18.6 Å². The zero-order valence-electron chi connectivity index (χ0n) is 13.0. The summed E-state index contributed by atoms with van der Waals surface area (Å²) in [6, 6.07) is 8.14. The molecule has 1 aromatic rings. The summed E-state index contributed by atoms with van der Waals surface area (Å²) < 4.78 is 5.70. The lowest BCUT2D eigenvalue weighted by Crippen LogP contribution is -2.40. The van der Waals surface area contributed by atoms with Crippen molar-refractivity contribution in [2.45, 2.75) is 38.6 Å². The van der Waals surface area contributed by atoms with E-state index in [0.717, 1.165) is 31.4 Å². The van der Waals surface area contributed by atoms with E-state index >= 15 is 0 Å². The second-order valence-electron chi connectivity index (χ2n) is 6.05. The molecule has 2 unspecified atom stereocenters. The molecule has 2 N–H and O–H groups in total. The van der Waals surface area contributed by atoms with Gasteiger partial charge in [0.25, 0.3) is 0 Å². The van der Waals surface area contributed by atoms with Crippen molar-refractivity contribution in [3.8, 4) is 5.75 Å². The zero-order valence-corrected chi connectivity index (χ0v) is 13.0. The molecule has 2 atom stereocenters. The number of amides is 1. The molecule has 4 nitrogen and oxygen atoms in total. The van der Waals surface area contributed by atoms with Crippen molar-refractivity contribution in [3.63, 3.8) is 0 Å². The van der Waals surface area contributed by atoms with Crippen molar-refractivity contribution in [2.24, 2.45) is 11.7 Å². The normalized spacial score (nSPS) is 21.9. The van der Waals surface area contributed by atoms with E-state index in [0.29, 0.717) is 13.2 Å². The molecule has 21 heavy (non-hydrogen) atoms. The van der Waals surface area contributed by atoms with E-state index in [-0.39, 0.29) is 17.9 Å². The fourth-order valence-corrected chi connectivity index (χ4v) is 2.88. The largest absolute Gasteiger partial charge is 0.492 e. The third-order valence-electron chi connectivity index (χ3n) is 4.13. The van der Waals surface area contributed by atoms with E-state index in [9.17, 15) is 4.79 Å². The van der Waals surface area contributed by atoms with Gasteiger partial charge in [0.2, 0.25) is 5.91 Å². The molecule has 2 rings (SSSR count). The van der Waals surface area contributed by atoms with Crippen LogP contribution in [0.15, 0.2) is 24.3 Å². The van der Waals surface area contributed by atoms with Gasteiger partial charge in [0.1, 0.15) is 12.4 Å². The second kappa shape index (κ2) is 7.46. The highest BCUT2D eigenvalue weighted by Gasteiger charge is 2.27. The number of hydrogen-bond donors (Lipinski definition) is 1. The summed E-state index contributed by atoms with van der Waals surface area (Å²) in [5, 5.41) is 0. The second-order valence-corrected chi connectivity index (χ2v) is 6.05. The summed E-state index contributed by atoms with van der Waals surface area (Å²) in [7, 11) is 1.85. The highest BCUT2D eigenvalue weighted by molar-refractivity contribution is 5.78. The van der Waals surface area contributed by atoms with E-state index in [1.165, 1.54) is 5.56 Å². The predicted octanol–water partition coefficient (Wildman–Crippen LogP) is 2.35. The number of nitrogens with two attached hydrogens (primary N) is 1. The lowest BCUT2D eigenvalue weighted by molar-refractivity contribution is -0.135. The van der Waals surface area contributed by atoms with Crippen LogP contribution in [0.5, 0.6) is 5.75 Å². The quantitative estimate of drug-likeness (QED) is 0.905. The molecular formula is C17H26N2O2. The number of likely N-dealkylation sites (N-methyl/N-ethyl adjacent to an activating group) is 1. The van der Waals surface area contributed by atoms with Gasteiger partial charge < -0.3 is 15.4 Å². The summed E-state index contributed by atoms with van der Waals surface area (Å²) in [6.07, 6.45) is 3.90. The van der Waals surface area contributed by atoms with Gasteiger partial charge in [0.15, 0.2) is 0 Å². The van der Waals surface area contributed by atoms with Crippen molar-refractivity contribution in [1.82, 2.24) is 4.90 Å². The number of hydrogen-bond acceptors (Lipinski definition) is 3. The van der Waals surface area contributed by atoms with E-state index in [4.69, 9.17) is 10.5 Å². The Morgan fingerprint density at radius 1 is 1.43 bits per heavy atom. The molecule has 0 aliphatic heterocycles. The van der Waals surface area contributed by atoms with Crippen LogP contribution in [0, 0.1) is 12.8 Å². The lowest BCUT2D eigenvalue weighted by atomic mass is 9.85. The molecule has 0 bridgehead atoms. The molecule has 1 saturated carbocycles. The Hall–Kier alpha value is -1.55. The Bertz CT molecular complexity index is 476. The van der Waals surface area contributed by atoms with Crippen LogP contribution in [0.2, 0.25) is 0 Å². The van der Waals surface area contributed by atoms with Crippen LogP contribution in [0.25, 0.3) is 0 Å². The minimum atomic E-state index is 0.0951. The first kappa shape index (κ1) is 15.8. The number of carbonyl (C=O) groups is 1. The van der Waals surface area contributed by atoms with Gasteiger partial charge in [0.05, 0.1) is 6.54 Å². The summed E-state index contributed by atoms with van der Waals surface area (Å²) in [5.41, 5.74) is 7.13. The minimum absolute atomic E-state index is 0.0951. The summed E-state index contributed by atoms with van der Waals surface area (Å²) in [5.74, 6) is 1.16. The Morgan fingerprint density at radius 3 is 2.95 bits per heavy atom. The highest BCUT2D eigenvalue weighted by atomic mass is 16.5. The molecule has 0 radical (unpaired) electrons. The van der Waals surface area contributed by atoms with Gasteiger partial charge >= 0.3 is 0 Å². The van der Waals surface area contributed by atoms with Gasteiger partial charge in [-0.3, -0.25) is 4.79 Å². The Morgan fingerprint density at radius 2 is 2.24 bits per heavy atom. The number of ether oxygens (including phenoxy) is 1. The van der Waals surface area contributed by atoms with Gasteiger partial charge in [-0.25, -0.2) is 0 Å². The van der Waals surface area contributed by atoms with Crippen molar-refractivity contribution < 1.29 is 9.53 Å². The molecule has 1 aromatic carbocycles. The lowest BCUT2D eigenvalue weighted by Gasteiger charge is -2.29. The minimum Gasteiger partial charge on any atom is -0.492 e. The molecule has 0 aromatic heterocycles. The summed E-state index contributed by atoms with van der Waals surface area (Å²) >= 11 is 0. The van der Waals surface area contributed by atoms with Crippen molar-refractivity contribution in [1.29, 1.82) is 0 Å². The average molecular weight is 290 g/mol. The molecule has 1 aliphatic carbocycles. The Kier molecular flexibility index (Phi) is 5.62. The Balaban J connectivity index is 1.76. The maximum absolute atomic E-state index is 12.4. The molecule has 1 fully saturated rings. The zero-order chi connectivity index (χ0) is 15.2. The number of nitrogens with zero attached hydrogens (tertiary/aromatic N) is 1. The Labute approximate surface area is 127 Å². The summed E-state index contributed by atoms with van der Waals surface area (Å²) in [4.78, 5) is 14.1. The van der Waals surface area contributed by atoms with E-state index in [2.05, 4.69) is 0 Å². The van der Waals surface area contributed by atoms with Crippen molar-refractivity contribution >= 4 is 5.91 Å². The van der Waals surface area contributed by atoms with E-state index in [1.54, 1.807) is 4.90 Å². The van der Waals surface area contributed by atoms with Crippen molar-refractivity contribution in [2.75, 3.05) is 20.2 Å². The number of aryl methyl sites for hydroxylation is 1. The van der Waals surface area contributed by atoms with Crippen LogP contribution in [0.4, 0.5) is 0 Å². The number of rotatable bonds is 5. The average Bonchev–Trinajstić information content (AvgIpc) is 2.46.